The minimum absolute atomic E-state index is 0.0348. The van der Waals surface area contributed by atoms with Crippen LogP contribution in [0.4, 0.5) is 17.1 Å². The van der Waals surface area contributed by atoms with Crippen LogP contribution >= 0.6 is 0 Å². The Kier molecular flexibility index (Phi) is 3.90. The number of hydrogen-bond donors (Lipinski definition) is 1. The van der Waals surface area contributed by atoms with Gasteiger partial charge >= 0.3 is 0 Å². The van der Waals surface area contributed by atoms with Crippen molar-refractivity contribution in [3.05, 3.63) is 28.3 Å². The lowest BCUT2D eigenvalue weighted by molar-refractivity contribution is -0.384. The quantitative estimate of drug-likeness (QED) is 0.509. The lowest BCUT2D eigenvalue weighted by Crippen LogP contribution is -2.36. The van der Waals surface area contributed by atoms with Gasteiger partial charge in [-0.15, -0.1) is 0 Å². The predicted octanol–water partition coefficient (Wildman–Crippen LogP) is 1.71. The molecule has 19 heavy (non-hydrogen) atoms. The first-order chi connectivity index (χ1) is 8.99. The van der Waals surface area contributed by atoms with Crippen LogP contribution in [0.15, 0.2) is 18.2 Å². The summed E-state index contributed by atoms with van der Waals surface area (Å²) in [4.78, 5) is 14.7. The van der Waals surface area contributed by atoms with E-state index >= 15 is 0 Å². The van der Waals surface area contributed by atoms with Crippen molar-refractivity contribution in [2.75, 3.05) is 37.8 Å². The van der Waals surface area contributed by atoms with Crippen molar-refractivity contribution in [2.24, 2.45) is 0 Å². The topological polar surface area (TPSA) is 75.6 Å². The molecule has 0 aromatic heterocycles. The van der Waals surface area contributed by atoms with Crippen LogP contribution in [0.25, 0.3) is 0 Å². The molecule has 1 heterocycles. The fourth-order valence-corrected chi connectivity index (χ4v) is 2.63. The molecule has 1 aromatic carbocycles. The normalized spacial score (nSPS) is 19.6. The lowest BCUT2D eigenvalue weighted by Gasteiger charge is -2.28. The van der Waals surface area contributed by atoms with Gasteiger partial charge in [0.1, 0.15) is 0 Å². The van der Waals surface area contributed by atoms with Gasteiger partial charge in [-0.2, -0.15) is 0 Å². The molecular formula is C13H20N4O2. The van der Waals surface area contributed by atoms with E-state index in [1.54, 1.807) is 6.07 Å². The number of likely N-dealkylation sites (N-methyl/N-ethyl adjacent to an activating group) is 2. The van der Waals surface area contributed by atoms with Crippen LogP contribution in [-0.4, -0.2) is 43.0 Å². The van der Waals surface area contributed by atoms with E-state index in [1.807, 2.05) is 7.05 Å². The highest BCUT2D eigenvalue weighted by molar-refractivity contribution is 5.70. The highest BCUT2D eigenvalue weighted by Crippen LogP contribution is 2.28. The van der Waals surface area contributed by atoms with Crippen LogP contribution in [0.1, 0.15) is 12.8 Å². The van der Waals surface area contributed by atoms with Gasteiger partial charge in [-0.05, 0) is 32.5 Å². The number of rotatable bonds is 4. The minimum Gasteiger partial charge on any atom is -0.397 e. The number of nitro benzene ring substituents is 1. The van der Waals surface area contributed by atoms with Gasteiger partial charge in [-0.3, -0.25) is 10.1 Å². The number of benzene rings is 1. The smallest absolute Gasteiger partial charge is 0.271 e. The molecule has 104 valence electrons. The van der Waals surface area contributed by atoms with Crippen molar-refractivity contribution in [3.8, 4) is 0 Å². The molecule has 2 rings (SSSR count). The number of hydrogen-bond acceptors (Lipinski definition) is 5. The highest BCUT2D eigenvalue weighted by Gasteiger charge is 2.23. The second-order valence-electron chi connectivity index (χ2n) is 5.16. The van der Waals surface area contributed by atoms with Crippen LogP contribution < -0.4 is 10.6 Å². The Morgan fingerprint density at radius 2 is 2.32 bits per heavy atom. The van der Waals surface area contributed by atoms with Crippen LogP contribution in [-0.2, 0) is 0 Å². The number of nitrogen functional groups attached to an aromatic ring is 1. The molecule has 0 spiro atoms. The van der Waals surface area contributed by atoms with Gasteiger partial charge in [0.2, 0.25) is 0 Å². The van der Waals surface area contributed by atoms with Crippen molar-refractivity contribution in [2.45, 2.75) is 18.9 Å². The van der Waals surface area contributed by atoms with Crippen molar-refractivity contribution >= 4 is 17.1 Å². The summed E-state index contributed by atoms with van der Waals surface area (Å²) in [5.41, 5.74) is 7.25. The second-order valence-corrected chi connectivity index (χ2v) is 5.16. The average Bonchev–Trinajstić information content (AvgIpc) is 2.74. The molecule has 0 aliphatic carbocycles. The predicted molar refractivity (Wildman–Crippen MR) is 76.4 cm³/mol. The van der Waals surface area contributed by atoms with Crippen LogP contribution in [0.5, 0.6) is 0 Å². The highest BCUT2D eigenvalue weighted by atomic mass is 16.6. The number of nitrogens with zero attached hydrogens (tertiary/aromatic N) is 3. The van der Waals surface area contributed by atoms with E-state index in [2.05, 4.69) is 16.8 Å². The molecule has 2 N–H and O–H groups in total. The molecule has 1 aliphatic rings. The number of anilines is 2. The van der Waals surface area contributed by atoms with Crippen molar-refractivity contribution < 1.29 is 4.92 Å². The van der Waals surface area contributed by atoms with E-state index in [0.717, 1.165) is 18.8 Å². The average molecular weight is 264 g/mol. The first-order valence-electron chi connectivity index (χ1n) is 6.44. The van der Waals surface area contributed by atoms with Gasteiger partial charge < -0.3 is 15.5 Å². The molecule has 1 saturated heterocycles. The van der Waals surface area contributed by atoms with Crippen molar-refractivity contribution in [1.82, 2.24) is 4.90 Å². The zero-order chi connectivity index (χ0) is 14.0. The first kappa shape index (κ1) is 13.6. The molecule has 6 nitrogen and oxygen atoms in total. The van der Waals surface area contributed by atoms with Gasteiger partial charge in [-0.25, -0.2) is 0 Å². The van der Waals surface area contributed by atoms with E-state index in [-0.39, 0.29) is 5.69 Å². The van der Waals surface area contributed by atoms with Crippen molar-refractivity contribution in [3.63, 3.8) is 0 Å². The summed E-state index contributed by atoms with van der Waals surface area (Å²) in [6.07, 6.45) is 2.42. The number of non-ortho nitro benzene ring substituents is 1. The molecule has 1 unspecified atom stereocenters. The SMILES string of the molecule is CN(CC1CCCN1C)c1ccc([N+](=O)[O-])cc1N. The van der Waals surface area contributed by atoms with E-state index in [9.17, 15) is 10.1 Å². The van der Waals surface area contributed by atoms with E-state index < -0.39 is 4.92 Å². The summed E-state index contributed by atoms with van der Waals surface area (Å²) in [6.45, 7) is 2.02. The molecule has 1 aliphatic heterocycles. The molecule has 1 atom stereocenters. The monoisotopic (exact) mass is 264 g/mol. The van der Waals surface area contributed by atoms with Crippen molar-refractivity contribution in [1.29, 1.82) is 0 Å². The maximum absolute atomic E-state index is 10.7. The summed E-state index contributed by atoms with van der Waals surface area (Å²) in [5, 5.41) is 10.7. The number of nitro groups is 1. The van der Waals surface area contributed by atoms with E-state index in [4.69, 9.17) is 5.73 Å². The van der Waals surface area contributed by atoms with Gasteiger partial charge in [0.05, 0.1) is 16.3 Å². The number of likely N-dealkylation sites (tertiary alicyclic amines) is 1. The summed E-state index contributed by atoms with van der Waals surface area (Å²) < 4.78 is 0. The molecule has 1 aromatic rings. The zero-order valence-corrected chi connectivity index (χ0v) is 11.4. The Bertz CT molecular complexity index is 478. The van der Waals surface area contributed by atoms with Gasteiger partial charge in [-0.1, -0.05) is 0 Å². The Hall–Kier alpha value is -1.82. The third kappa shape index (κ3) is 2.96. The van der Waals surface area contributed by atoms with Crippen LogP contribution in [0, 0.1) is 10.1 Å². The Morgan fingerprint density at radius 3 is 2.84 bits per heavy atom. The molecule has 6 heteroatoms. The summed E-state index contributed by atoms with van der Waals surface area (Å²) in [5.74, 6) is 0. The third-order valence-electron chi connectivity index (χ3n) is 3.79. The maximum atomic E-state index is 10.7. The molecule has 0 amide bonds. The third-order valence-corrected chi connectivity index (χ3v) is 3.79. The summed E-state index contributed by atoms with van der Waals surface area (Å²) >= 11 is 0. The van der Waals surface area contributed by atoms with Gasteiger partial charge in [0.15, 0.2) is 0 Å². The number of nitrogens with two attached hydrogens (primary N) is 1. The second kappa shape index (κ2) is 5.44. The minimum atomic E-state index is -0.426. The van der Waals surface area contributed by atoms with E-state index in [1.165, 1.54) is 25.0 Å². The van der Waals surface area contributed by atoms with Gasteiger partial charge in [0.25, 0.3) is 5.69 Å². The molecule has 1 fully saturated rings. The fourth-order valence-electron chi connectivity index (χ4n) is 2.63. The molecule has 0 radical (unpaired) electrons. The lowest BCUT2D eigenvalue weighted by atomic mass is 10.2. The molecule has 0 saturated carbocycles. The van der Waals surface area contributed by atoms with Crippen LogP contribution in [0.2, 0.25) is 0 Å². The van der Waals surface area contributed by atoms with Crippen LogP contribution in [0.3, 0.4) is 0 Å². The Morgan fingerprint density at radius 1 is 1.58 bits per heavy atom. The summed E-state index contributed by atoms with van der Waals surface area (Å²) in [7, 11) is 4.11. The zero-order valence-electron chi connectivity index (χ0n) is 11.4. The van der Waals surface area contributed by atoms with Gasteiger partial charge in [0, 0.05) is 31.8 Å². The summed E-state index contributed by atoms with van der Waals surface area (Å²) in [6, 6.07) is 5.17. The Labute approximate surface area is 112 Å². The largest absolute Gasteiger partial charge is 0.397 e. The standard InChI is InChI=1S/C13H20N4O2/c1-15-7-3-4-11(15)9-16(2)13-6-5-10(17(18)19)8-12(13)14/h5-6,8,11H,3-4,7,9,14H2,1-2H3. The molecular weight excluding hydrogens is 244 g/mol. The van der Waals surface area contributed by atoms with E-state index in [0.29, 0.717) is 11.7 Å². The fraction of sp³-hybridized carbons (Fsp3) is 0.538. The molecule has 0 bridgehead atoms. The maximum Gasteiger partial charge on any atom is 0.271 e. The Balaban J connectivity index is 2.10. The first-order valence-corrected chi connectivity index (χ1v) is 6.44.